The first kappa shape index (κ1) is 19.2. The number of nitrogens with zero attached hydrogens (tertiary/aromatic N) is 2. The van der Waals surface area contributed by atoms with Crippen LogP contribution in [-0.2, 0) is 11.2 Å². The maximum atomic E-state index is 12.7. The zero-order valence-electron chi connectivity index (χ0n) is 14.2. The first-order valence-corrected chi connectivity index (χ1v) is 9.78. The molecule has 0 bridgehead atoms. The highest BCUT2D eigenvalue weighted by Crippen LogP contribution is 2.35. The molecule has 0 atom stereocenters. The summed E-state index contributed by atoms with van der Waals surface area (Å²) in [7, 11) is 0. The van der Waals surface area contributed by atoms with Crippen molar-refractivity contribution >= 4 is 44.9 Å². The molecule has 0 N–H and O–H groups in total. The number of nitriles is 1. The molecule has 27 heavy (non-hydrogen) atoms. The standard InChI is InChI=1S/C20H15BrN2O3S/c21-16-6-7-17(26-11-9-22)15(12-16)13-18-19(24)23(20(25)27-18)10-8-14-4-2-1-3-5-14/h1-7,12-13H,8,10-11H2/b18-13-. The molecule has 7 heteroatoms. The summed E-state index contributed by atoms with van der Waals surface area (Å²) in [5, 5.41) is 8.43. The van der Waals surface area contributed by atoms with Crippen LogP contribution in [0.4, 0.5) is 4.79 Å². The third kappa shape index (κ3) is 4.79. The molecule has 1 aliphatic rings. The summed E-state index contributed by atoms with van der Waals surface area (Å²) in [6.45, 7) is 0.239. The van der Waals surface area contributed by atoms with Gasteiger partial charge in [-0.2, -0.15) is 5.26 Å². The van der Waals surface area contributed by atoms with Crippen LogP contribution in [0, 0.1) is 11.3 Å². The molecule has 5 nitrogen and oxygen atoms in total. The van der Waals surface area contributed by atoms with Crippen molar-refractivity contribution < 1.29 is 14.3 Å². The quantitative estimate of drug-likeness (QED) is 0.609. The highest BCUT2D eigenvalue weighted by Gasteiger charge is 2.34. The zero-order valence-corrected chi connectivity index (χ0v) is 16.6. The van der Waals surface area contributed by atoms with Gasteiger partial charge in [-0.05, 0) is 48.0 Å². The molecule has 2 amide bonds. The first-order valence-electron chi connectivity index (χ1n) is 8.17. The smallest absolute Gasteiger partial charge is 0.293 e. The van der Waals surface area contributed by atoms with Crippen molar-refractivity contribution in [2.24, 2.45) is 0 Å². The van der Waals surface area contributed by atoms with Gasteiger partial charge in [0.25, 0.3) is 11.1 Å². The van der Waals surface area contributed by atoms with E-state index in [-0.39, 0.29) is 17.8 Å². The van der Waals surface area contributed by atoms with Gasteiger partial charge in [0.2, 0.25) is 0 Å². The Morgan fingerprint density at radius 2 is 1.96 bits per heavy atom. The lowest BCUT2D eigenvalue weighted by Crippen LogP contribution is -2.30. The molecule has 1 saturated heterocycles. The SMILES string of the molecule is N#CCOc1ccc(Br)cc1/C=C1\SC(=O)N(CCc2ccccc2)C1=O. The molecule has 2 aromatic carbocycles. The highest BCUT2D eigenvalue weighted by molar-refractivity contribution is 9.10. The van der Waals surface area contributed by atoms with Crippen LogP contribution in [0.5, 0.6) is 5.75 Å². The number of ether oxygens (including phenoxy) is 1. The third-order valence-corrected chi connectivity index (χ3v) is 5.29. The molecule has 0 saturated carbocycles. The number of amides is 2. The minimum Gasteiger partial charge on any atom is -0.478 e. The van der Waals surface area contributed by atoms with Crippen molar-refractivity contribution in [2.75, 3.05) is 13.2 Å². The monoisotopic (exact) mass is 442 g/mol. The summed E-state index contributed by atoms with van der Waals surface area (Å²) < 4.78 is 6.21. The number of rotatable bonds is 6. The maximum Gasteiger partial charge on any atom is 0.293 e. The van der Waals surface area contributed by atoms with Crippen molar-refractivity contribution in [1.29, 1.82) is 5.26 Å². The summed E-state index contributed by atoms with van der Waals surface area (Å²) >= 11 is 4.30. The number of hydrogen-bond acceptors (Lipinski definition) is 5. The Kier molecular flexibility index (Phi) is 6.32. The van der Waals surface area contributed by atoms with Gasteiger partial charge in [0.05, 0.1) is 4.91 Å². The minimum atomic E-state index is -0.313. The van der Waals surface area contributed by atoms with E-state index in [1.54, 1.807) is 24.3 Å². The van der Waals surface area contributed by atoms with Crippen LogP contribution in [0.25, 0.3) is 6.08 Å². The highest BCUT2D eigenvalue weighted by atomic mass is 79.9. The van der Waals surface area contributed by atoms with Gasteiger partial charge in [0.15, 0.2) is 6.61 Å². The first-order chi connectivity index (χ1) is 13.1. The van der Waals surface area contributed by atoms with Crippen molar-refractivity contribution in [3.8, 4) is 11.8 Å². The largest absolute Gasteiger partial charge is 0.478 e. The lowest BCUT2D eigenvalue weighted by atomic mass is 10.1. The van der Waals surface area contributed by atoms with Crippen molar-refractivity contribution in [2.45, 2.75) is 6.42 Å². The maximum absolute atomic E-state index is 12.7. The second-order valence-corrected chi connectivity index (χ2v) is 7.61. The lowest BCUT2D eigenvalue weighted by Gasteiger charge is -2.12. The van der Waals surface area contributed by atoms with Gasteiger partial charge in [0.1, 0.15) is 11.8 Å². The molecule has 136 valence electrons. The molecule has 1 fully saturated rings. The molecule has 1 heterocycles. The van der Waals surface area contributed by atoms with E-state index in [2.05, 4.69) is 15.9 Å². The van der Waals surface area contributed by atoms with Crippen molar-refractivity contribution in [3.63, 3.8) is 0 Å². The van der Waals surface area contributed by atoms with Crippen LogP contribution in [0.15, 0.2) is 57.9 Å². The number of halogens is 1. The van der Waals surface area contributed by atoms with E-state index < -0.39 is 0 Å². The summed E-state index contributed by atoms with van der Waals surface area (Å²) in [5.74, 6) is 0.169. The minimum absolute atomic E-state index is 0.0962. The number of hydrogen-bond donors (Lipinski definition) is 0. The molecule has 1 aliphatic heterocycles. The van der Waals surface area contributed by atoms with Gasteiger partial charge < -0.3 is 4.74 Å². The Morgan fingerprint density at radius 1 is 1.19 bits per heavy atom. The molecule has 0 radical (unpaired) electrons. The molecule has 0 aliphatic carbocycles. The van der Waals surface area contributed by atoms with Crippen LogP contribution in [-0.4, -0.2) is 29.2 Å². The normalized spacial score (nSPS) is 15.3. The number of benzene rings is 2. The molecule has 0 unspecified atom stereocenters. The Balaban J connectivity index is 1.78. The Labute approximate surface area is 169 Å². The van der Waals surface area contributed by atoms with E-state index in [0.717, 1.165) is 21.8 Å². The lowest BCUT2D eigenvalue weighted by molar-refractivity contribution is -0.122. The second-order valence-electron chi connectivity index (χ2n) is 5.70. The summed E-state index contributed by atoms with van der Waals surface area (Å²) in [5.41, 5.74) is 1.70. The van der Waals surface area contributed by atoms with Crippen LogP contribution in [0.3, 0.4) is 0 Å². The Bertz CT molecular complexity index is 938. The Hall–Kier alpha value is -2.56. The number of thioether (sulfide) groups is 1. The van der Waals surface area contributed by atoms with Crippen molar-refractivity contribution in [3.05, 3.63) is 69.0 Å². The van der Waals surface area contributed by atoms with Crippen LogP contribution in [0.1, 0.15) is 11.1 Å². The number of carbonyl (C=O) groups excluding carboxylic acids is 2. The third-order valence-electron chi connectivity index (χ3n) is 3.89. The van der Waals surface area contributed by atoms with Gasteiger partial charge in [-0.1, -0.05) is 46.3 Å². The second kappa shape index (κ2) is 8.89. The fraction of sp³-hybridized carbons (Fsp3) is 0.150. The number of imide groups is 1. The summed E-state index contributed by atoms with van der Waals surface area (Å²) in [4.78, 5) is 26.5. The van der Waals surface area contributed by atoms with E-state index >= 15 is 0 Å². The topological polar surface area (TPSA) is 70.4 Å². The molecule has 0 aromatic heterocycles. The van der Waals surface area contributed by atoms with Crippen molar-refractivity contribution in [1.82, 2.24) is 4.90 Å². The predicted molar refractivity (Wildman–Crippen MR) is 108 cm³/mol. The van der Waals surface area contributed by atoms with Crippen LogP contribution >= 0.6 is 27.7 Å². The predicted octanol–water partition coefficient (Wildman–Crippen LogP) is 4.63. The number of carbonyl (C=O) groups is 2. The molecular weight excluding hydrogens is 428 g/mol. The molecule has 2 aromatic rings. The van der Waals surface area contributed by atoms with E-state index in [0.29, 0.717) is 29.2 Å². The zero-order chi connectivity index (χ0) is 19.2. The van der Waals surface area contributed by atoms with Gasteiger partial charge in [0, 0.05) is 16.6 Å². The van der Waals surface area contributed by atoms with Gasteiger partial charge in [-0.25, -0.2) is 0 Å². The van der Waals surface area contributed by atoms with Gasteiger partial charge in [-0.3, -0.25) is 14.5 Å². The van der Waals surface area contributed by atoms with Crippen LogP contribution in [0.2, 0.25) is 0 Å². The van der Waals surface area contributed by atoms with E-state index in [1.165, 1.54) is 4.90 Å². The van der Waals surface area contributed by atoms with Crippen LogP contribution < -0.4 is 4.74 Å². The van der Waals surface area contributed by atoms with Gasteiger partial charge in [-0.15, -0.1) is 0 Å². The molecule has 3 rings (SSSR count). The Morgan fingerprint density at radius 3 is 2.70 bits per heavy atom. The average molecular weight is 443 g/mol. The van der Waals surface area contributed by atoms with E-state index in [1.807, 2.05) is 36.4 Å². The van der Waals surface area contributed by atoms with Gasteiger partial charge >= 0.3 is 0 Å². The van der Waals surface area contributed by atoms with E-state index in [9.17, 15) is 9.59 Å². The summed E-state index contributed by atoms with van der Waals surface area (Å²) in [6, 6.07) is 16.9. The average Bonchev–Trinajstić information content (AvgIpc) is 2.93. The molecule has 0 spiro atoms. The van der Waals surface area contributed by atoms with E-state index in [4.69, 9.17) is 10.00 Å². The fourth-order valence-electron chi connectivity index (χ4n) is 2.59. The fourth-order valence-corrected chi connectivity index (χ4v) is 3.83. The summed E-state index contributed by atoms with van der Waals surface area (Å²) in [6.07, 6.45) is 2.24. The molecular formula is C20H15BrN2O3S.